The lowest BCUT2D eigenvalue weighted by atomic mass is 9.95. The van der Waals surface area contributed by atoms with Gasteiger partial charge in [-0.3, -0.25) is 4.79 Å². The summed E-state index contributed by atoms with van der Waals surface area (Å²) in [6.45, 7) is 0. The van der Waals surface area contributed by atoms with Crippen LogP contribution in [0.2, 0.25) is 0 Å². The lowest BCUT2D eigenvalue weighted by molar-refractivity contribution is -0.0425. The quantitative estimate of drug-likeness (QED) is 0.714. The first kappa shape index (κ1) is 13.1. The normalized spacial score (nSPS) is 16.8. The van der Waals surface area contributed by atoms with Crippen molar-refractivity contribution in [3.63, 3.8) is 0 Å². The van der Waals surface area contributed by atoms with Crippen molar-refractivity contribution in [2.75, 3.05) is 0 Å². The molecule has 0 unspecified atom stereocenters. The van der Waals surface area contributed by atoms with Crippen LogP contribution in [0.3, 0.4) is 0 Å². The maximum Gasteiger partial charge on any atom is 0.251 e. The molecule has 1 amide bonds. The van der Waals surface area contributed by atoms with Crippen molar-refractivity contribution < 1.29 is 15.0 Å². The number of amides is 1. The highest BCUT2D eigenvalue weighted by Gasteiger charge is 2.16. The van der Waals surface area contributed by atoms with E-state index in [0.29, 0.717) is 11.1 Å². The first-order chi connectivity index (χ1) is 8.66. The van der Waals surface area contributed by atoms with Crippen LogP contribution in [0.15, 0.2) is 24.3 Å². The van der Waals surface area contributed by atoms with Crippen LogP contribution in [0.4, 0.5) is 0 Å². The summed E-state index contributed by atoms with van der Waals surface area (Å²) >= 11 is 0. The number of hydrogen-bond acceptors (Lipinski definition) is 3. The van der Waals surface area contributed by atoms with Crippen LogP contribution in [0.1, 0.15) is 54.3 Å². The molecule has 0 aliphatic heterocycles. The Morgan fingerprint density at radius 2 is 1.72 bits per heavy atom. The summed E-state index contributed by atoms with van der Waals surface area (Å²) < 4.78 is 0. The highest BCUT2D eigenvalue weighted by molar-refractivity contribution is 5.94. The van der Waals surface area contributed by atoms with Crippen molar-refractivity contribution in [3.8, 4) is 0 Å². The number of carbonyl (C=O) groups is 1. The molecule has 1 aliphatic rings. The van der Waals surface area contributed by atoms with Crippen LogP contribution in [-0.4, -0.2) is 22.2 Å². The maximum atomic E-state index is 12.0. The standard InChI is InChI=1S/C14H19NO3/c16-13(15-12-4-2-1-3-5-12)10-6-8-11(9-7-10)14(17)18/h6-9,12,14,17-18H,1-5H2,(H,15,16). The van der Waals surface area contributed by atoms with Crippen molar-refractivity contribution in [1.82, 2.24) is 5.32 Å². The molecular weight excluding hydrogens is 230 g/mol. The van der Waals surface area contributed by atoms with Crippen LogP contribution in [0.5, 0.6) is 0 Å². The van der Waals surface area contributed by atoms with E-state index in [9.17, 15) is 4.79 Å². The van der Waals surface area contributed by atoms with Gasteiger partial charge in [0.25, 0.3) is 5.91 Å². The van der Waals surface area contributed by atoms with Gasteiger partial charge in [-0.05, 0) is 25.0 Å². The second-order valence-corrected chi connectivity index (χ2v) is 4.80. The lowest BCUT2D eigenvalue weighted by Crippen LogP contribution is -2.36. The van der Waals surface area contributed by atoms with Crippen molar-refractivity contribution >= 4 is 5.91 Å². The van der Waals surface area contributed by atoms with Crippen molar-refractivity contribution in [2.45, 2.75) is 44.4 Å². The van der Waals surface area contributed by atoms with Gasteiger partial charge in [0.05, 0.1) is 0 Å². The fourth-order valence-electron chi connectivity index (χ4n) is 2.32. The second-order valence-electron chi connectivity index (χ2n) is 4.80. The zero-order valence-electron chi connectivity index (χ0n) is 10.3. The summed E-state index contributed by atoms with van der Waals surface area (Å²) in [6, 6.07) is 6.63. The van der Waals surface area contributed by atoms with Gasteiger partial charge in [0.2, 0.25) is 0 Å². The molecule has 0 atom stereocenters. The zero-order chi connectivity index (χ0) is 13.0. The first-order valence-electron chi connectivity index (χ1n) is 6.44. The predicted molar refractivity (Wildman–Crippen MR) is 68.0 cm³/mol. The molecule has 0 radical (unpaired) electrons. The summed E-state index contributed by atoms with van der Waals surface area (Å²) in [5, 5.41) is 21.0. The summed E-state index contributed by atoms with van der Waals surface area (Å²) in [6.07, 6.45) is 4.25. The van der Waals surface area contributed by atoms with Crippen LogP contribution in [-0.2, 0) is 0 Å². The smallest absolute Gasteiger partial charge is 0.251 e. The van der Waals surface area contributed by atoms with Gasteiger partial charge < -0.3 is 15.5 Å². The van der Waals surface area contributed by atoms with E-state index in [2.05, 4.69) is 5.32 Å². The van der Waals surface area contributed by atoms with Crippen LogP contribution in [0, 0.1) is 0 Å². The first-order valence-corrected chi connectivity index (χ1v) is 6.44. The van der Waals surface area contributed by atoms with E-state index in [-0.39, 0.29) is 11.9 Å². The molecule has 1 saturated carbocycles. The van der Waals surface area contributed by atoms with Gasteiger partial charge in [-0.1, -0.05) is 31.4 Å². The molecule has 0 bridgehead atoms. The van der Waals surface area contributed by atoms with Gasteiger partial charge in [-0.15, -0.1) is 0 Å². The van der Waals surface area contributed by atoms with Crippen LogP contribution < -0.4 is 5.32 Å². The number of nitrogens with one attached hydrogen (secondary N) is 1. The van der Waals surface area contributed by atoms with Gasteiger partial charge in [0.15, 0.2) is 6.29 Å². The molecule has 1 aromatic rings. The van der Waals surface area contributed by atoms with E-state index in [0.717, 1.165) is 12.8 Å². The summed E-state index contributed by atoms with van der Waals surface area (Å²) in [5.74, 6) is -0.0825. The van der Waals surface area contributed by atoms with Gasteiger partial charge >= 0.3 is 0 Å². The number of hydrogen-bond donors (Lipinski definition) is 3. The number of aliphatic hydroxyl groups is 2. The Balaban J connectivity index is 1.95. The van der Waals surface area contributed by atoms with E-state index in [1.807, 2.05) is 0 Å². The summed E-state index contributed by atoms with van der Waals surface area (Å²) in [5.41, 5.74) is 0.953. The summed E-state index contributed by atoms with van der Waals surface area (Å²) in [7, 11) is 0. The highest BCUT2D eigenvalue weighted by Crippen LogP contribution is 2.18. The van der Waals surface area contributed by atoms with E-state index < -0.39 is 6.29 Å². The summed E-state index contributed by atoms with van der Waals surface area (Å²) in [4.78, 5) is 12.0. The molecule has 18 heavy (non-hydrogen) atoms. The van der Waals surface area contributed by atoms with Gasteiger partial charge in [0, 0.05) is 17.2 Å². The molecular formula is C14H19NO3. The zero-order valence-corrected chi connectivity index (χ0v) is 10.3. The number of benzene rings is 1. The number of aliphatic hydroxyl groups excluding tert-OH is 1. The molecule has 0 aromatic heterocycles. The molecule has 3 N–H and O–H groups in total. The second kappa shape index (κ2) is 5.98. The minimum Gasteiger partial charge on any atom is -0.364 e. The van der Waals surface area contributed by atoms with E-state index in [1.165, 1.54) is 19.3 Å². The van der Waals surface area contributed by atoms with Gasteiger partial charge in [0.1, 0.15) is 0 Å². The number of rotatable bonds is 3. The lowest BCUT2D eigenvalue weighted by Gasteiger charge is -2.22. The fraction of sp³-hybridized carbons (Fsp3) is 0.500. The minimum absolute atomic E-state index is 0.0825. The molecule has 98 valence electrons. The Kier molecular flexibility index (Phi) is 4.33. The Labute approximate surface area is 107 Å². The van der Waals surface area contributed by atoms with Crippen molar-refractivity contribution in [2.24, 2.45) is 0 Å². The van der Waals surface area contributed by atoms with Gasteiger partial charge in [-0.2, -0.15) is 0 Å². The molecule has 0 heterocycles. The number of carbonyl (C=O) groups excluding carboxylic acids is 1. The molecule has 2 rings (SSSR count). The van der Waals surface area contributed by atoms with Crippen molar-refractivity contribution in [3.05, 3.63) is 35.4 Å². The third-order valence-electron chi connectivity index (χ3n) is 3.41. The maximum absolute atomic E-state index is 12.0. The largest absolute Gasteiger partial charge is 0.364 e. The molecule has 4 nitrogen and oxygen atoms in total. The molecule has 1 aliphatic carbocycles. The van der Waals surface area contributed by atoms with E-state index in [1.54, 1.807) is 24.3 Å². The molecule has 1 fully saturated rings. The molecule has 0 saturated heterocycles. The Morgan fingerprint density at radius 3 is 2.28 bits per heavy atom. The Hall–Kier alpha value is -1.39. The van der Waals surface area contributed by atoms with Crippen LogP contribution in [0.25, 0.3) is 0 Å². The minimum atomic E-state index is -1.49. The highest BCUT2D eigenvalue weighted by atomic mass is 16.5. The van der Waals surface area contributed by atoms with Gasteiger partial charge in [-0.25, -0.2) is 0 Å². The topological polar surface area (TPSA) is 69.6 Å². The fourth-order valence-corrected chi connectivity index (χ4v) is 2.32. The average Bonchev–Trinajstić information content (AvgIpc) is 2.40. The molecule has 1 aromatic carbocycles. The monoisotopic (exact) mass is 249 g/mol. The molecule has 0 spiro atoms. The Morgan fingerprint density at radius 1 is 1.11 bits per heavy atom. The van der Waals surface area contributed by atoms with Crippen LogP contribution >= 0.6 is 0 Å². The molecule has 4 heteroatoms. The SMILES string of the molecule is O=C(NC1CCCCC1)c1ccc(C(O)O)cc1. The van der Waals surface area contributed by atoms with Crippen molar-refractivity contribution in [1.29, 1.82) is 0 Å². The average molecular weight is 249 g/mol. The third-order valence-corrected chi connectivity index (χ3v) is 3.41. The van der Waals surface area contributed by atoms with E-state index in [4.69, 9.17) is 10.2 Å². The Bertz CT molecular complexity index is 394. The third kappa shape index (κ3) is 3.31. The van der Waals surface area contributed by atoms with E-state index >= 15 is 0 Å². The predicted octanol–water partition coefficient (Wildman–Crippen LogP) is 1.73.